The quantitative estimate of drug-likeness (QED) is 0.707. The molecule has 2 radical (unpaired) electrons. The van der Waals surface area contributed by atoms with Crippen molar-refractivity contribution in [3.05, 3.63) is 46.4 Å². The highest BCUT2D eigenvalue weighted by molar-refractivity contribution is 9.10. The minimum Gasteiger partial charge on any atom is -0.0847 e. The summed E-state index contributed by atoms with van der Waals surface area (Å²) in [7, 11) is 5.57. The van der Waals surface area contributed by atoms with Crippen LogP contribution in [0.15, 0.2) is 40.9 Å². The third-order valence-electron chi connectivity index (χ3n) is 2.35. The summed E-state index contributed by atoms with van der Waals surface area (Å²) in [6.45, 7) is 0. The number of rotatable bonds is 2. The largest absolute Gasteiger partial charge is 0.0847 e. The second kappa shape index (κ2) is 4.18. The standard InChI is InChI=1S/C12H10BBr/c13-7-6-9-2-1-3-10-8-11(14)4-5-12(9)10/h1-5,8H,6-7H2. The monoisotopic (exact) mass is 244 g/mol. The highest BCUT2D eigenvalue weighted by Crippen LogP contribution is 2.23. The van der Waals surface area contributed by atoms with Gasteiger partial charge in [-0.2, -0.15) is 0 Å². The maximum Gasteiger partial charge on any atom is 0.0657 e. The van der Waals surface area contributed by atoms with E-state index in [9.17, 15) is 0 Å². The molecule has 0 spiro atoms. The van der Waals surface area contributed by atoms with Gasteiger partial charge in [-0.25, -0.2) is 0 Å². The van der Waals surface area contributed by atoms with Crippen LogP contribution in [0.1, 0.15) is 5.56 Å². The van der Waals surface area contributed by atoms with Gasteiger partial charge in [-0.15, -0.1) is 0 Å². The van der Waals surface area contributed by atoms with E-state index >= 15 is 0 Å². The van der Waals surface area contributed by atoms with Crippen molar-refractivity contribution in [2.24, 2.45) is 0 Å². The lowest BCUT2D eigenvalue weighted by molar-refractivity contribution is 1.15. The van der Waals surface area contributed by atoms with Crippen LogP contribution < -0.4 is 0 Å². The highest BCUT2D eigenvalue weighted by Gasteiger charge is 1.99. The van der Waals surface area contributed by atoms with Crippen molar-refractivity contribution in [2.45, 2.75) is 12.7 Å². The molecule has 2 aromatic rings. The van der Waals surface area contributed by atoms with Crippen LogP contribution in [0.3, 0.4) is 0 Å². The maximum absolute atomic E-state index is 5.57. The Morgan fingerprint density at radius 3 is 2.79 bits per heavy atom. The van der Waals surface area contributed by atoms with E-state index in [1.54, 1.807) is 0 Å². The Hall–Kier alpha value is -0.755. The normalized spacial score (nSPS) is 10.6. The first kappa shape index (κ1) is 9.79. The van der Waals surface area contributed by atoms with Gasteiger partial charge in [0.2, 0.25) is 0 Å². The summed E-state index contributed by atoms with van der Waals surface area (Å²) in [4.78, 5) is 0. The predicted molar refractivity (Wildman–Crippen MR) is 65.9 cm³/mol. The zero-order chi connectivity index (χ0) is 9.97. The summed E-state index contributed by atoms with van der Waals surface area (Å²) < 4.78 is 1.12. The van der Waals surface area contributed by atoms with Gasteiger partial charge in [-0.3, -0.25) is 0 Å². The molecular weight excluding hydrogens is 235 g/mol. The molecule has 2 rings (SSSR count). The molecule has 2 heteroatoms. The summed E-state index contributed by atoms with van der Waals surface area (Å²) in [6.07, 6.45) is 1.65. The number of hydrogen-bond donors (Lipinski definition) is 0. The molecular formula is C12H10BBr. The van der Waals surface area contributed by atoms with E-state index in [2.05, 4.69) is 52.3 Å². The number of fused-ring (bicyclic) bond motifs is 1. The SMILES string of the molecule is [B]CCc1cccc2cc(Br)ccc12. The number of benzene rings is 2. The van der Waals surface area contributed by atoms with Crippen LogP contribution in [-0.4, -0.2) is 7.85 Å². The molecule has 0 saturated heterocycles. The lowest BCUT2D eigenvalue weighted by Crippen LogP contribution is -1.86. The Morgan fingerprint density at radius 2 is 2.00 bits per heavy atom. The van der Waals surface area contributed by atoms with Gasteiger partial charge in [0, 0.05) is 4.47 Å². The van der Waals surface area contributed by atoms with E-state index in [1.807, 2.05) is 0 Å². The van der Waals surface area contributed by atoms with Crippen LogP contribution in [0.4, 0.5) is 0 Å². The molecule has 0 fully saturated rings. The Labute approximate surface area is 93.9 Å². The van der Waals surface area contributed by atoms with Crippen molar-refractivity contribution in [1.29, 1.82) is 0 Å². The second-order valence-electron chi connectivity index (χ2n) is 3.32. The van der Waals surface area contributed by atoms with Gasteiger partial charge in [0.15, 0.2) is 0 Å². The third-order valence-corrected chi connectivity index (χ3v) is 2.84. The molecule has 0 nitrogen and oxygen atoms in total. The maximum atomic E-state index is 5.57. The van der Waals surface area contributed by atoms with Crippen LogP contribution in [0.5, 0.6) is 0 Å². The second-order valence-corrected chi connectivity index (χ2v) is 4.24. The van der Waals surface area contributed by atoms with Crippen molar-refractivity contribution in [2.75, 3.05) is 0 Å². The molecule has 0 aliphatic rings. The topological polar surface area (TPSA) is 0 Å². The number of hydrogen-bond acceptors (Lipinski definition) is 0. The van der Waals surface area contributed by atoms with E-state index in [0.717, 1.165) is 10.9 Å². The van der Waals surface area contributed by atoms with Gasteiger partial charge < -0.3 is 0 Å². The molecule has 0 bridgehead atoms. The van der Waals surface area contributed by atoms with E-state index in [1.165, 1.54) is 16.3 Å². The summed E-state index contributed by atoms with van der Waals surface area (Å²) in [5.74, 6) is 0. The van der Waals surface area contributed by atoms with Crippen molar-refractivity contribution in [1.82, 2.24) is 0 Å². The third kappa shape index (κ3) is 1.85. The summed E-state index contributed by atoms with van der Waals surface area (Å²) >= 11 is 3.47. The fraction of sp³-hybridized carbons (Fsp3) is 0.167. The Morgan fingerprint density at radius 1 is 1.14 bits per heavy atom. The molecule has 0 aromatic heterocycles. The summed E-state index contributed by atoms with van der Waals surface area (Å²) in [5.41, 5.74) is 1.33. The highest BCUT2D eigenvalue weighted by atomic mass is 79.9. The van der Waals surface area contributed by atoms with Gasteiger partial charge >= 0.3 is 0 Å². The molecule has 0 heterocycles. The first-order valence-corrected chi connectivity index (χ1v) is 5.48. The average Bonchev–Trinajstić information content (AvgIpc) is 2.18. The first-order chi connectivity index (χ1) is 6.81. The Kier molecular flexibility index (Phi) is 2.92. The van der Waals surface area contributed by atoms with Crippen molar-refractivity contribution < 1.29 is 0 Å². The van der Waals surface area contributed by atoms with Gasteiger partial charge in [0.1, 0.15) is 0 Å². The Balaban J connectivity index is 2.62. The molecule has 0 unspecified atom stereocenters. The molecule has 0 aliphatic heterocycles. The van der Waals surface area contributed by atoms with Crippen molar-refractivity contribution in [3.8, 4) is 0 Å². The fourth-order valence-corrected chi connectivity index (χ4v) is 2.07. The molecule has 0 aliphatic carbocycles. The molecule has 14 heavy (non-hydrogen) atoms. The average molecular weight is 245 g/mol. The van der Waals surface area contributed by atoms with Crippen LogP contribution in [0.2, 0.25) is 6.32 Å². The molecule has 0 saturated carbocycles. The van der Waals surface area contributed by atoms with E-state index in [0.29, 0.717) is 6.32 Å². The van der Waals surface area contributed by atoms with Gasteiger partial charge in [-0.1, -0.05) is 46.5 Å². The van der Waals surface area contributed by atoms with Crippen molar-refractivity contribution >= 4 is 34.5 Å². The molecule has 0 N–H and O–H groups in total. The predicted octanol–water partition coefficient (Wildman–Crippen LogP) is 3.73. The van der Waals surface area contributed by atoms with Gasteiger partial charge in [0.05, 0.1) is 7.85 Å². The van der Waals surface area contributed by atoms with Gasteiger partial charge in [0.25, 0.3) is 0 Å². The zero-order valence-electron chi connectivity index (χ0n) is 7.83. The van der Waals surface area contributed by atoms with Crippen LogP contribution in [-0.2, 0) is 6.42 Å². The van der Waals surface area contributed by atoms with Gasteiger partial charge in [-0.05, 0) is 34.9 Å². The van der Waals surface area contributed by atoms with Crippen LogP contribution >= 0.6 is 15.9 Å². The Bertz CT molecular complexity index is 451. The summed E-state index contributed by atoms with van der Waals surface area (Å²) in [5, 5.41) is 2.58. The molecule has 0 atom stereocenters. The minimum absolute atomic E-state index is 0.704. The zero-order valence-corrected chi connectivity index (χ0v) is 9.42. The van der Waals surface area contributed by atoms with E-state index < -0.39 is 0 Å². The van der Waals surface area contributed by atoms with E-state index in [4.69, 9.17) is 7.85 Å². The molecule has 68 valence electrons. The smallest absolute Gasteiger partial charge is 0.0657 e. The van der Waals surface area contributed by atoms with Crippen LogP contribution in [0.25, 0.3) is 10.8 Å². The molecule has 0 amide bonds. The number of aryl methyl sites for hydroxylation is 1. The fourth-order valence-electron chi connectivity index (χ4n) is 1.70. The van der Waals surface area contributed by atoms with E-state index in [-0.39, 0.29) is 0 Å². The minimum atomic E-state index is 0.704. The lowest BCUT2D eigenvalue weighted by atomic mass is 9.94. The summed E-state index contributed by atoms with van der Waals surface area (Å²) in [6, 6.07) is 12.7. The van der Waals surface area contributed by atoms with Crippen LogP contribution in [0, 0.1) is 0 Å². The van der Waals surface area contributed by atoms with Crippen molar-refractivity contribution in [3.63, 3.8) is 0 Å². The number of halogens is 1. The molecule has 2 aromatic carbocycles. The first-order valence-electron chi connectivity index (χ1n) is 4.68. The lowest BCUT2D eigenvalue weighted by Gasteiger charge is -2.05.